The van der Waals surface area contributed by atoms with E-state index < -0.39 is 0 Å². The lowest BCUT2D eigenvalue weighted by molar-refractivity contribution is 0.471. The lowest BCUT2D eigenvalue weighted by atomic mass is 9.72. The van der Waals surface area contributed by atoms with E-state index in [-0.39, 0.29) is 5.41 Å². The number of rotatable bonds is 4. The van der Waals surface area contributed by atoms with E-state index in [1.807, 2.05) is 6.07 Å². The van der Waals surface area contributed by atoms with Gasteiger partial charge >= 0.3 is 0 Å². The van der Waals surface area contributed by atoms with Gasteiger partial charge in [-0.25, -0.2) is 0 Å². The molecule has 2 heterocycles. The maximum absolute atomic E-state index is 6.41. The maximum atomic E-state index is 6.41. The first-order valence-electron chi connectivity index (χ1n) is 14.5. The van der Waals surface area contributed by atoms with E-state index in [0.717, 1.165) is 39.9 Å². The smallest absolute Gasteiger partial charge is 0.151 e. The van der Waals surface area contributed by atoms with Crippen LogP contribution in [0.2, 0.25) is 0 Å². The minimum Gasteiger partial charge on any atom is -0.453 e. The summed E-state index contributed by atoms with van der Waals surface area (Å²) in [5, 5.41) is 0. The van der Waals surface area contributed by atoms with Crippen LogP contribution in [0.4, 0.5) is 34.1 Å². The zero-order valence-corrected chi connectivity index (χ0v) is 23.7. The predicted molar refractivity (Wildman–Crippen MR) is 173 cm³/mol. The van der Waals surface area contributed by atoms with E-state index in [4.69, 9.17) is 4.74 Å². The Balaban J connectivity index is 1.24. The van der Waals surface area contributed by atoms with Crippen molar-refractivity contribution in [1.29, 1.82) is 0 Å². The van der Waals surface area contributed by atoms with Gasteiger partial charge in [0.25, 0.3) is 0 Å². The second-order valence-corrected chi connectivity index (χ2v) is 11.5. The summed E-state index contributed by atoms with van der Waals surface area (Å²) < 4.78 is 6.41. The van der Waals surface area contributed by atoms with Gasteiger partial charge in [0.2, 0.25) is 0 Å². The number of para-hydroxylation sites is 5. The van der Waals surface area contributed by atoms with E-state index in [9.17, 15) is 0 Å². The van der Waals surface area contributed by atoms with Crippen molar-refractivity contribution in [2.24, 2.45) is 0 Å². The van der Waals surface area contributed by atoms with Crippen LogP contribution in [0, 0.1) is 0 Å². The van der Waals surface area contributed by atoms with E-state index in [2.05, 4.69) is 163 Å². The summed E-state index contributed by atoms with van der Waals surface area (Å²) in [5.41, 5.74) is 11.6. The van der Waals surface area contributed by atoms with Gasteiger partial charge in [-0.3, -0.25) is 0 Å². The standard InChI is InChI=1S/C39H30N2O/c1-39(2)32-25-22-28(26-35(32)41-34-17-9-10-18-36(34)42-37-19-11-16-33(39)38(37)41)27-20-23-31(24-21-27)40(29-12-5-3-6-13-29)30-14-7-4-8-15-30/h3-26H,1-2H3. The van der Waals surface area contributed by atoms with Crippen molar-refractivity contribution in [3.63, 3.8) is 0 Å². The van der Waals surface area contributed by atoms with Gasteiger partial charge in [0, 0.05) is 22.5 Å². The molecule has 3 nitrogen and oxygen atoms in total. The molecule has 0 saturated heterocycles. The summed E-state index contributed by atoms with van der Waals surface area (Å²) in [5.74, 6) is 1.78. The molecule has 8 rings (SSSR count). The Bertz CT molecular complexity index is 1890. The van der Waals surface area contributed by atoms with Crippen LogP contribution in [-0.2, 0) is 5.41 Å². The molecule has 3 heteroatoms. The van der Waals surface area contributed by atoms with Gasteiger partial charge in [0.05, 0.1) is 17.1 Å². The van der Waals surface area contributed by atoms with Crippen molar-refractivity contribution in [3.05, 3.63) is 157 Å². The maximum Gasteiger partial charge on any atom is 0.151 e. The zero-order chi connectivity index (χ0) is 28.3. The van der Waals surface area contributed by atoms with Crippen molar-refractivity contribution in [2.45, 2.75) is 19.3 Å². The summed E-state index contributed by atoms with van der Waals surface area (Å²) >= 11 is 0. The number of ether oxygens (including phenoxy) is 1. The highest BCUT2D eigenvalue weighted by Crippen LogP contribution is 2.60. The third-order valence-electron chi connectivity index (χ3n) is 8.62. The van der Waals surface area contributed by atoms with Crippen LogP contribution in [0.1, 0.15) is 25.0 Å². The summed E-state index contributed by atoms with van der Waals surface area (Å²) in [6, 6.07) is 51.6. The van der Waals surface area contributed by atoms with Crippen molar-refractivity contribution in [2.75, 3.05) is 9.80 Å². The number of anilines is 6. The molecule has 0 N–H and O–H groups in total. The molecule has 6 aromatic carbocycles. The van der Waals surface area contributed by atoms with Gasteiger partial charge in [-0.2, -0.15) is 0 Å². The lowest BCUT2D eigenvalue weighted by Gasteiger charge is -2.45. The van der Waals surface area contributed by atoms with Crippen molar-refractivity contribution in [1.82, 2.24) is 0 Å². The SMILES string of the molecule is CC1(C)c2ccc(-c3ccc(N(c4ccccc4)c4ccccc4)cc3)cc2N2c3ccccc3Oc3cccc1c32. The molecule has 0 fully saturated rings. The molecule has 0 atom stereocenters. The Morgan fingerprint density at radius 2 is 1.10 bits per heavy atom. The van der Waals surface area contributed by atoms with Crippen molar-refractivity contribution < 1.29 is 4.74 Å². The minimum atomic E-state index is -0.166. The first kappa shape index (κ1) is 24.5. The second kappa shape index (κ2) is 9.39. The molecule has 42 heavy (non-hydrogen) atoms. The van der Waals surface area contributed by atoms with Crippen LogP contribution in [0.25, 0.3) is 11.1 Å². The number of hydrogen-bond acceptors (Lipinski definition) is 3. The zero-order valence-electron chi connectivity index (χ0n) is 23.7. The Hall–Kier alpha value is -5.28. The molecule has 0 aromatic heterocycles. The molecule has 0 unspecified atom stereocenters. The number of nitrogens with zero attached hydrogens (tertiary/aromatic N) is 2. The monoisotopic (exact) mass is 542 g/mol. The summed E-state index contributed by atoms with van der Waals surface area (Å²) in [6.07, 6.45) is 0. The van der Waals surface area contributed by atoms with Gasteiger partial charge in [-0.05, 0) is 82.9 Å². The average Bonchev–Trinajstić information content (AvgIpc) is 3.04. The lowest BCUT2D eigenvalue weighted by Crippen LogP contribution is -2.32. The van der Waals surface area contributed by atoms with E-state index in [1.165, 1.54) is 27.9 Å². The van der Waals surface area contributed by atoms with Crippen LogP contribution in [-0.4, -0.2) is 0 Å². The Labute approximate surface area is 246 Å². The van der Waals surface area contributed by atoms with Crippen molar-refractivity contribution >= 4 is 34.1 Å². The Kier molecular flexibility index (Phi) is 5.48. The average molecular weight is 543 g/mol. The molecular weight excluding hydrogens is 512 g/mol. The largest absolute Gasteiger partial charge is 0.453 e. The van der Waals surface area contributed by atoms with Gasteiger partial charge in [0.15, 0.2) is 11.5 Å². The highest BCUT2D eigenvalue weighted by Gasteiger charge is 2.41. The first-order chi connectivity index (χ1) is 20.6. The van der Waals surface area contributed by atoms with E-state index in [0.29, 0.717) is 0 Å². The molecule has 0 spiro atoms. The summed E-state index contributed by atoms with van der Waals surface area (Å²) in [7, 11) is 0. The van der Waals surface area contributed by atoms with Crippen LogP contribution in [0.5, 0.6) is 11.5 Å². The molecule has 0 aliphatic carbocycles. The summed E-state index contributed by atoms with van der Waals surface area (Å²) in [4.78, 5) is 4.69. The molecule has 2 aliphatic rings. The van der Waals surface area contributed by atoms with Gasteiger partial charge in [-0.15, -0.1) is 0 Å². The fourth-order valence-corrected chi connectivity index (χ4v) is 6.53. The molecule has 0 bridgehead atoms. The molecule has 0 amide bonds. The third-order valence-corrected chi connectivity index (χ3v) is 8.62. The number of benzene rings is 6. The topological polar surface area (TPSA) is 15.7 Å². The van der Waals surface area contributed by atoms with Crippen LogP contribution in [0.15, 0.2) is 146 Å². The Morgan fingerprint density at radius 3 is 1.81 bits per heavy atom. The van der Waals surface area contributed by atoms with E-state index >= 15 is 0 Å². The van der Waals surface area contributed by atoms with Crippen LogP contribution in [0.3, 0.4) is 0 Å². The molecule has 2 aliphatic heterocycles. The van der Waals surface area contributed by atoms with Gasteiger partial charge in [-0.1, -0.05) is 98.8 Å². The normalized spacial score (nSPS) is 13.8. The predicted octanol–water partition coefficient (Wildman–Crippen LogP) is 11.0. The molecule has 202 valence electrons. The number of hydrogen-bond donors (Lipinski definition) is 0. The summed E-state index contributed by atoms with van der Waals surface area (Å²) in [6.45, 7) is 4.63. The highest BCUT2D eigenvalue weighted by atomic mass is 16.5. The second-order valence-electron chi connectivity index (χ2n) is 11.5. The highest BCUT2D eigenvalue weighted by molar-refractivity contribution is 5.94. The van der Waals surface area contributed by atoms with Gasteiger partial charge < -0.3 is 14.5 Å². The van der Waals surface area contributed by atoms with Crippen LogP contribution < -0.4 is 14.5 Å². The first-order valence-corrected chi connectivity index (χ1v) is 14.5. The fourth-order valence-electron chi connectivity index (χ4n) is 6.53. The van der Waals surface area contributed by atoms with E-state index in [1.54, 1.807) is 0 Å². The molecule has 0 radical (unpaired) electrons. The third kappa shape index (κ3) is 3.74. The quantitative estimate of drug-likeness (QED) is 0.220. The minimum absolute atomic E-state index is 0.166. The van der Waals surface area contributed by atoms with Gasteiger partial charge in [0.1, 0.15) is 0 Å². The molecule has 0 saturated carbocycles. The van der Waals surface area contributed by atoms with Crippen LogP contribution >= 0.6 is 0 Å². The Morgan fingerprint density at radius 1 is 0.500 bits per heavy atom. The van der Waals surface area contributed by atoms with Crippen molar-refractivity contribution in [3.8, 4) is 22.6 Å². The number of fused-ring (bicyclic) bond motifs is 4. The molecular formula is C39H30N2O. The molecule has 6 aromatic rings. The fraction of sp³-hybridized carbons (Fsp3) is 0.0769.